The van der Waals surface area contributed by atoms with Gasteiger partial charge in [0.2, 0.25) is 0 Å². The van der Waals surface area contributed by atoms with Gasteiger partial charge in [-0.15, -0.1) is 0 Å². The number of allylic oxidation sites excluding steroid dienone is 3. The van der Waals surface area contributed by atoms with Crippen molar-refractivity contribution in [1.29, 1.82) is 0 Å². The number of hydrogen-bond donors (Lipinski definition) is 2. The summed E-state index contributed by atoms with van der Waals surface area (Å²) in [5.74, 6) is -5.80. The lowest BCUT2D eigenvalue weighted by Gasteiger charge is -2.40. The van der Waals surface area contributed by atoms with E-state index >= 15 is 4.39 Å². The van der Waals surface area contributed by atoms with E-state index in [0.29, 0.717) is 43.4 Å². The van der Waals surface area contributed by atoms with Gasteiger partial charge in [0.25, 0.3) is 0 Å². The van der Waals surface area contributed by atoms with Gasteiger partial charge in [0.15, 0.2) is 17.4 Å². The van der Waals surface area contributed by atoms with Crippen LogP contribution in [0.4, 0.5) is 26.3 Å². The molecule has 3 fully saturated rings. The quantitative estimate of drug-likeness (QED) is 0.238. The average Bonchev–Trinajstić information content (AvgIpc) is 3.55. The van der Waals surface area contributed by atoms with E-state index in [2.05, 4.69) is 6.58 Å². The van der Waals surface area contributed by atoms with Crippen molar-refractivity contribution < 1.29 is 50.8 Å². The summed E-state index contributed by atoms with van der Waals surface area (Å²) in [5, 5.41) is 19.2. The van der Waals surface area contributed by atoms with E-state index < -0.39 is 76.3 Å². The number of halogens is 6. The van der Waals surface area contributed by atoms with Crippen LogP contribution in [-0.4, -0.2) is 34.5 Å². The third-order valence-electron chi connectivity index (χ3n) is 9.12. The van der Waals surface area contributed by atoms with Crippen LogP contribution >= 0.6 is 0 Å². The molecule has 0 aromatic heterocycles. The number of ether oxygens (including phenoxy) is 2. The highest BCUT2D eigenvalue weighted by Crippen LogP contribution is 2.63. The number of carboxylic acid groups (broad SMARTS) is 1. The first-order valence-electron chi connectivity index (χ1n) is 14.3. The number of carbonyl (C=O) groups is 1. The summed E-state index contributed by atoms with van der Waals surface area (Å²) in [6.07, 6.45) is -0.288. The van der Waals surface area contributed by atoms with Gasteiger partial charge in [-0.05, 0) is 103 Å². The lowest BCUT2D eigenvalue weighted by molar-refractivity contribution is -0.139. The summed E-state index contributed by atoms with van der Waals surface area (Å²) in [4.78, 5) is 11.5. The second-order valence-corrected chi connectivity index (χ2v) is 12.5. The predicted octanol–water partition coefficient (Wildman–Crippen LogP) is 7.38. The highest BCUT2D eigenvalue weighted by molar-refractivity contribution is 5.77. The first-order chi connectivity index (χ1) is 20.6. The van der Waals surface area contributed by atoms with Crippen molar-refractivity contribution in [2.75, 3.05) is 6.61 Å². The van der Waals surface area contributed by atoms with Crippen molar-refractivity contribution in [3.8, 4) is 16.9 Å². The minimum Gasteiger partial charge on any atom is -0.487 e. The van der Waals surface area contributed by atoms with Gasteiger partial charge < -0.3 is 19.7 Å². The summed E-state index contributed by atoms with van der Waals surface area (Å²) in [7, 11) is 0. The van der Waals surface area contributed by atoms with Crippen molar-refractivity contribution in [3.05, 3.63) is 88.3 Å². The van der Waals surface area contributed by atoms with E-state index in [0.717, 1.165) is 17.2 Å². The van der Waals surface area contributed by atoms with E-state index in [1.54, 1.807) is 13.0 Å². The topological polar surface area (TPSA) is 76.0 Å². The maximum absolute atomic E-state index is 15.0. The Morgan fingerprint density at radius 3 is 2.39 bits per heavy atom. The minimum absolute atomic E-state index is 0.0130. The van der Waals surface area contributed by atoms with Gasteiger partial charge in [-0.2, -0.15) is 13.2 Å². The van der Waals surface area contributed by atoms with Gasteiger partial charge >= 0.3 is 12.1 Å². The van der Waals surface area contributed by atoms with Crippen molar-refractivity contribution >= 4 is 5.97 Å². The monoisotopic (exact) mass is 620 g/mol. The Morgan fingerprint density at radius 1 is 1.09 bits per heavy atom. The molecule has 234 valence electrons. The van der Waals surface area contributed by atoms with Crippen LogP contribution < -0.4 is 4.74 Å². The number of alkyl halides is 3. The highest BCUT2D eigenvalue weighted by atomic mass is 19.4. The summed E-state index contributed by atoms with van der Waals surface area (Å²) in [6.45, 7) is 5.11. The van der Waals surface area contributed by atoms with Crippen LogP contribution in [0.5, 0.6) is 5.75 Å². The maximum atomic E-state index is 15.0. The Bertz CT molecular complexity index is 1580. The number of rotatable bonds is 8. The number of fused-ring (bicyclic) bond motifs is 3. The van der Waals surface area contributed by atoms with Crippen LogP contribution in [0.15, 0.2) is 59.7 Å². The molecular formula is C33H30F6O5. The van der Waals surface area contributed by atoms with Crippen LogP contribution in [0.25, 0.3) is 11.1 Å². The Labute approximate surface area is 249 Å². The molecule has 0 saturated heterocycles. The molecule has 0 amide bonds. The average molecular weight is 621 g/mol. The smallest absolute Gasteiger partial charge is 0.417 e. The molecule has 11 heteroatoms. The zero-order chi connectivity index (χ0) is 31.7. The second-order valence-electron chi connectivity index (χ2n) is 12.5. The van der Waals surface area contributed by atoms with Crippen LogP contribution in [0.3, 0.4) is 0 Å². The third kappa shape index (κ3) is 5.67. The molecule has 0 heterocycles. The largest absolute Gasteiger partial charge is 0.487 e. The predicted molar refractivity (Wildman–Crippen MR) is 147 cm³/mol. The second kappa shape index (κ2) is 10.8. The summed E-state index contributed by atoms with van der Waals surface area (Å²) in [5.41, 5.74) is -1.14. The van der Waals surface area contributed by atoms with Gasteiger partial charge in [0.1, 0.15) is 5.82 Å². The van der Waals surface area contributed by atoms with Crippen LogP contribution in [0.1, 0.15) is 43.7 Å². The molecule has 3 saturated carbocycles. The summed E-state index contributed by atoms with van der Waals surface area (Å²) >= 11 is 0. The fourth-order valence-corrected chi connectivity index (χ4v) is 6.97. The fraction of sp³-hybridized carbons (Fsp3) is 0.424. The van der Waals surface area contributed by atoms with Crippen LogP contribution in [-0.2, 0) is 22.3 Å². The Morgan fingerprint density at radius 2 is 1.77 bits per heavy atom. The van der Waals surface area contributed by atoms with E-state index in [1.165, 1.54) is 0 Å². The maximum Gasteiger partial charge on any atom is 0.417 e. The zero-order valence-corrected chi connectivity index (χ0v) is 23.7. The molecule has 0 spiro atoms. The Hall–Kier alpha value is -3.57. The summed E-state index contributed by atoms with van der Waals surface area (Å²) < 4.78 is 98.0. The van der Waals surface area contributed by atoms with Gasteiger partial charge in [-0.25, -0.2) is 13.2 Å². The molecule has 4 atom stereocenters. The van der Waals surface area contributed by atoms with Crippen LogP contribution in [0, 0.1) is 41.1 Å². The third-order valence-corrected chi connectivity index (χ3v) is 9.12. The molecule has 2 aromatic carbocycles. The highest BCUT2D eigenvalue weighted by Gasteiger charge is 2.61. The van der Waals surface area contributed by atoms with E-state index in [-0.39, 0.29) is 36.0 Å². The molecule has 0 aliphatic heterocycles. The Kier molecular flexibility index (Phi) is 7.48. The minimum atomic E-state index is -5.03. The zero-order valence-electron chi connectivity index (χ0n) is 23.7. The molecule has 0 bridgehead atoms. The number of benzene rings is 2. The molecule has 1 unspecified atom stereocenters. The summed E-state index contributed by atoms with van der Waals surface area (Å²) in [6, 6.07) is 2.58. The first-order valence-corrected chi connectivity index (χ1v) is 14.3. The van der Waals surface area contributed by atoms with Crippen LogP contribution in [0.2, 0.25) is 0 Å². The SMILES string of the molecule is C=C1CC=C2C(=CC1OCc1cc(-c3cc(F)c(OC[C@H]4C[C@@](C)(O)C4)c(F)c3)c(C(F)(F)F)cc1F)C[C@H]1[C@H](C(=O)O)[C@@H]21. The molecule has 2 N–H and O–H groups in total. The van der Waals surface area contributed by atoms with Gasteiger partial charge in [-0.3, -0.25) is 4.79 Å². The Balaban J connectivity index is 1.23. The van der Waals surface area contributed by atoms with Crippen molar-refractivity contribution in [2.45, 2.75) is 57.1 Å². The fourth-order valence-electron chi connectivity index (χ4n) is 6.97. The lowest BCUT2D eigenvalue weighted by Crippen LogP contribution is -2.43. The molecular weight excluding hydrogens is 590 g/mol. The number of aliphatic hydroxyl groups is 1. The van der Waals surface area contributed by atoms with Crippen molar-refractivity contribution in [1.82, 2.24) is 0 Å². The first kappa shape index (κ1) is 30.5. The molecule has 2 aromatic rings. The molecule has 4 aliphatic carbocycles. The molecule has 4 aliphatic rings. The standard InChI is InChI=1S/C33H30F6O5/c1-15-3-4-20-17(5-22-28(20)29(22)31(40)41)9-27(15)43-14-19-6-21(23(10-24(19)34)33(37,38)39)18-7-25(35)30(26(36)8-18)44-13-16-11-32(2,42)12-16/h4,6-10,16,22,27-29,42H,1,3,5,11-14H2,2H3,(H,40,41)/t16-,22-,27?,28+,29+,32+/m1/s1. The van der Waals surface area contributed by atoms with Gasteiger partial charge in [0.05, 0.1) is 36.4 Å². The molecule has 6 rings (SSSR count). The van der Waals surface area contributed by atoms with Gasteiger partial charge in [-0.1, -0.05) is 12.7 Å². The molecule has 5 nitrogen and oxygen atoms in total. The normalized spacial score (nSPS) is 29.2. The van der Waals surface area contributed by atoms with E-state index in [1.807, 2.05) is 6.08 Å². The number of carboxylic acids is 1. The van der Waals surface area contributed by atoms with Crippen molar-refractivity contribution in [3.63, 3.8) is 0 Å². The van der Waals surface area contributed by atoms with Crippen molar-refractivity contribution in [2.24, 2.45) is 23.7 Å². The van der Waals surface area contributed by atoms with E-state index in [9.17, 15) is 37.0 Å². The molecule has 0 radical (unpaired) electrons. The van der Waals surface area contributed by atoms with Gasteiger partial charge in [0, 0.05) is 11.5 Å². The lowest BCUT2D eigenvalue weighted by atomic mass is 9.73. The molecule has 44 heavy (non-hydrogen) atoms. The number of hydrogen-bond acceptors (Lipinski definition) is 4. The number of aliphatic carboxylic acids is 1. The van der Waals surface area contributed by atoms with E-state index in [4.69, 9.17) is 9.47 Å².